The maximum Gasteiger partial charge on any atom is 0.222 e. The number of amides is 1. The maximum atomic E-state index is 12.6. The number of carbonyl (C=O) groups excluding carboxylic acids is 2. The Morgan fingerprint density at radius 2 is 1.65 bits per heavy atom. The van der Waals surface area contributed by atoms with Gasteiger partial charge in [0.15, 0.2) is 11.5 Å². The van der Waals surface area contributed by atoms with Gasteiger partial charge in [-0.1, -0.05) is 45.2 Å². The van der Waals surface area contributed by atoms with E-state index in [9.17, 15) is 9.59 Å². The van der Waals surface area contributed by atoms with Crippen LogP contribution < -0.4 is 16.0 Å². The summed E-state index contributed by atoms with van der Waals surface area (Å²) in [6, 6.07) is 13.8. The molecule has 12 nitrogen and oxygen atoms in total. The highest BCUT2D eigenvalue weighted by Crippen LogP contribution is 2.28. The first kappa shape index (κ1) is 39.4. The molecule has 4 aromatic rings. The average Bonchev–Trinajstić information content (AvgIpc) is 3.61. The van der Waals surface area contributed by atoms with Gasteiger partial charge in [0, 0.05) is 106 Å². The lowest BCUT2D eigenvalue weighted by molar-refractivity contribution is -0.131. The SMILES string of the molecule is CCC.CO.CO.N=Cc1ccc(-c2cn3ccnc3c(Nc3ccc(N4CCN(C(=O)CCCCCCC=O)CC4)cc3)n2)cc1N. The molecule has 1 aliphatic heterocycles. The third-order valence-electron chi connectivity index (χ3n) is 7.50. The number of anilines is 4. The van der Waals surface area contributed by atoms with Crippen LogP contribution in [0.1, 0.15) is 64.4 Å². The van der Waals surface area contributed by atoms with Gasteiger partial charge in [0.25, 0.3) is 0 Å². The van der Waals surface area contributed by atoms with Gasteiger partial charge in [0.05, 0.1) is 5.69 Å². The smallest absolute Gasteiger partial charge is 0.222 e. The molecule has 0 bridgehead atoms. The Morgan fingerprint density at radius 1 is 0.979 bits per heavy atom. The number of nitrogens with two attached hydrogens (primary N) is 1. The van der Waals surface area contributed by atoms with Crippen molar-refractivity contribution in [1.82, 2.24) is 19.3 Å². The second kappa shape index (κ2) is 21.9. The molecule has 6 N–H and O–H groups in total. The van der Waals surface area contributed by atoms with Crippen molar-refractivity contribution in [2.24, 2.45) is 0 Å². The number of benzene rings is 2. The molecule has 1 amide bonds. The van der Waals surface area contributed by atoms with E-state index in [1.54, 1.807) is 6.20 Å². The molecule has 0 radical (unpaired) electrons. The number of nitrogens with one attached hydrogen (secondary N) is 2. The van der Waals surface area contributed by atoms with Crippen molar-refractivity contribution in [3.05, 3.63) is 66.6 Å². The largest absolute Gasteiger partial charge is 0.400 e. The second-order valence-electron chi connectivity index (χ2n) is 11.0. The molecule has 0 atom stereocenters. The lowest BCUT2D eigenvalue weighted by Gasteiger charge is -2.36. The van der Waals surface area contributed by atoms with Crippen LogP contribution in [0.3, 0.4) is 0 Å². The Bertz CT molecular complexity index is 1530. The molecule has 0 saturated carbocycles. The highest BCUT2D eigenvalue weighted by Gasteiger charge is 2.21. The molecule has 1 aliphatic rings. The molecule has 2 aromatic heterocycles. The molecule has 0 unspecified atom stereocenters. The van der Waals surface area contributed by atoms with E-state index in [1.807, 2.05) is 52.0 Å². The molecule has 2 aromatic carbocycles. The van der Waals surface area contributed by atoms with Crippen LogP contribution in [0.5, 0.6) is 0 Å². The Hall–Kier alpha value is -4.81. The fraction of sp³-hybridized carbons (Fsp3) is 0.417. The van der Waals surface area contributed by atoms with Gasteiger partial charge in [-0.15, -0.1) is 0 Å². The summed E-state index contributed by atoms with van der Waals surface area (Å²) in [4.78, 5) is 36.6. The van der Waals surface area contributed by atoms with Crippen LogP contribution in [0.4, 0.5) is 22.9 Å². The van der Waals surface area contributed by atoms with Crippen molar-refractivity contribution in [2.45, 2.75) is 58.8 Å². The minimum Gasteiger partial charge on any atom is -0.400 e. The van der Waals surface area contributed by atoms with E-state index in [-0.39, 0.29) is 5.91 Å². The zero-order chi connectivity index (χ0) is 35.3. The third kappa shape index (κ3) is 11.5. The Balaban J connectivity index is 0.00000106. The van der Waals surface area contributed by atoms with Gasteiger partial charge in [-0.05, 0) is 43.2 Å². The van der Waals surface area contributed by atoms with E-state index in [4.69, 9.17) is 26.3 Å². The number of unbranched alkanes of at least 4 members (excludes halogenated alkanes) is 4. The Morgan fingerprint density at radius 3 is 2.27 bits per heavy atom. The van der Waals surface area contributed by atoms with Crippen LogP contribution in [0.2, 0.25) is 0 Å². The number of carbonyl (C=O) groups is 2. The zero-order valence-corrected chi connectivity index (χ0v) is 28.7. The van der Waals surface area contributed by atoms with Crippen molar-refractivity contribution in [1.29, 1.82) is 5.41 Å². The second-order valence-corrected chi connectivity index (χ2v) is 11.0. The molecule has 0 spiro atoms. The first-order valence-electron chi connectivity index (χ1n) is 16.4. The molecule has 12 heteroatoms. The quantitative estimate of drug-likeness (QED) is 0.0566. The molecule has 48 heavy (non-hydrogen) atoms. The van der Waals surface area contributed by atoms with Crippen LogP contribution in [-0.2, 0) is 9.59 Å². The summed E-state index contributed by atoms with van der Waals surface area (Å²) >= 11 is 0. The number of piperazine rings is 1. The van der Waals surface area contributed by atoms with Crippen molar-refractivity contribution in [3.63, 3.8) is 0 Å². The number of aldehydes is 1. The molecular weight excluding hydrogens is 608 g/mol. The molecular formula is C36H52N8O4. The van der Waals surface area contributed by atoms with E-state index < -0.39 is 0 Å². The van der Waals surface area contributed by atoms with E-state index in [1.165, 1.54) is 12.6 Å². The van der Waals surface area contributed by atoms with Gasteiger partial charge in [0.1, 0.15) is 6.29 Å². The van der Waals surface area contributed by atoms with Crippen LogP contribution in [0.25, 0.3) is 16.9 Å². The minimum atomic E-state index is 0.230. The number of imidazole rings is 1. The monoisotopic (exact) mass is 660 g/mol. The number of fused-ring (bicyclic) bond motifs is 1. The number of nitrogens with zero attached hydrogens (tertiary/aromatic N) is 5. The third-order valence-corrected chi connectivity index (χ3v) is 7.50. The maximum absolute atomic E-state index is 12.6. The topological polar surface area (TPSA) is 173 Å². The summed E-state index contributed by atoms with van der Waals surface area (Å²) in [5.41, 5.74) is 11.6. The first-order valence-corrected chi connectivity index (χ1v) is 16.4. The summed E-state index contributed by atoms with van der Waals surface area (Å²) < 4.78 is 1.92. The van der Waals surface area contributed by atoms with Crippen molar-refractivity contribution in [3.8, 4) is 11.3 Å². The van der Waals surface area contributed by atoms with Gasteiger partial charge < -0.3 is 45.7 Å². The molecule has 260 valence electrons. The predicted molar refractivity (Wildman–Crippen MR) is 195 cm³/mol. The van der Waals surface area contributed by atoms with Gasteiger partial charge >= 0.3 is 0 Å². The first-order chi connectivity index (χ1) is 23.5. The minimum absolute atomic E-state index is 0.230. The number of nitrogen functional groups attached to an aromatic ring is 1. The number of aliphatic hydroxyl groups is 2. The number of rotatable bonds is 12. The van der Waals surface area contributed by atoms with E-state index in [0.29, 0.717) is 35.6 Å². The molecule has 3 heterocycles. The number of aliphatic hydroxyl groups excluding tert-OH is 2. The Kier molecular flexibility index (Phi) is 18.0. The average molecular weight is 661 g/mol. The van der Waals surface area contributed by atoms with Crippen molar-refractivity contribution < 1.29 is 19.8 Å². The fourth-order valence-electron chi connectivity index (χ4n) is 5.14. The summed E-state index contributed by atoms with van der Waals surface area (Å²) in [6.45, 7) is 7.31. The van der Waals surface area contributed by atoms with E-state index in [0.717, 1.165) is 95.0 Å². The highest BCUT2D eigenvalue weighted by atomic mass is 16.2. The summed E-state index contributed by atoms with van der Waals surface area (Å²) in [7, 11) is 2.00. The van der Waals surface area contributed by atoms with Gasteiger partial charge in [0.2, 0.25) is 5.91 Å². The molecule has 1 saturated heterocycles. The zero-order valence-electron chi connectivity index (χ0n) is 28.7. The van der Waals surface area contributed by atoms with Crippen molar-refractivity contribution >= 4 is 46.9 Å². The highest BCUT2D eigenvalue weighted by molar-refractivity contribution is 5.87. The van der Waals surface area contributed by atoms with Gasteiger partial charge in [-0.2, -0.15) is 0 Å². The van der Waals surface area contributed by atoms with E-state index in [2.05, 4.69) is 41.2 Å². The number of hydrogen-bond donors (Lipinski definition) is 5. The van der Waals surface area contributed by atoms with Crippen LogP contribution in [0.15, 0.2) is 61.1 Å². The molecule has 5 rings (SSSR count). The Labute approximate surface area is 284 Å². The summed E-state index contributed by atoms with van der Waals surface area (Å²) in [5.74, 6) is 0.860. The lowest BCUT2D eigenvalue weighted by atomic mass is 10.1. The van der Waals surface area contributed by atoms with Crippen LogP contribution in [-0.4, -0.2) is 88.3 Å². The standard InChI is InChI=1S/C31H36N8O2.C3H8.2CH4O/c32-21-24-8-7-23(20-27(24)33)28-22-39-14-13-34-31(39)30(36-28)35-25-9-11-26(12-10-25)37-15-17-38(18-16-37)29(41)6-4-2-1-3-5-19-40;1-3-2;2*1-2/h7-14,19-22,32H,1-6,15-18,33H2,(H,35,36);3H2,1-2H3;2*2H,1H3. The normalized spacial score (nSPS) is 12.0. The fourth-order valence-corrected chi connectivity index (χ4v) is 5.14. The molecule has 1 fully saturated rings. The summed E-state index contributed by atoms with van der Waals surface area (Å²) in [5, 5.41) is 24.9. The predicted octanol–water partition coefficient (Wildman–Crippen LogP) is 5.54. The van der Waals surface area contributed by atoms with Gasteiger partial charge in [-0.25, -0.2) is 9.97 Å². The van der Waals surface area contributed by atoms with Crippen LogP contribution in [0, 0.1) is 5.41 Å². The number of hydrogen-bond acceptors (Lipinski definition) is 10. The molecule has 0 aliphatic carbocycles. The van der Waals surface area contributed by atoms with Gasteiger partial charge in [-0.3, -0.25) is 4.79 Å². The lowest BCUT2D eigenvalue weighted by Crippen LogP contribution is -2.48. The van der Waals surface area contributed by atoms with Crippen molar-refractivity contribution in [2.75, 3.05) is 56.3 Å². The van der Waals surface area contributed by atoms with E-state index >= 15 is 0 Å². The number of aromatic nitrogens is 3. The van der Waals surface area contributed by atoms with Crippen LogP contribution >= 0.6 is 0 Å². The summed E-state index contributed by atoms with van der Waals surface area (Å²) in [6.07, 6.45) is 14.0.